The molecule has 1 aromatic rings. The number of hydrogen-bond acceptors (Lipinski definition) is 5. The highest BCUT2D eigenvalue weighted by molar-refractivity contribution is 7.88. The molecule has 0 saturated heterocycles. The van der Waals surface area contributed by atoms with Gasteiger partial charge >= 0.3 is 21.6 Å². The van der Waals surface area contributed by atoms with Gasteiger partial charge in [-0.15, -0.1) is 0 Å². The third-order valence-corrected chi connectivity index (χ3v) is 6.42. The Morgan fingerprint density at radius 2 is 1.96 bits per heavy atom. The second-order valence-electron chi connectivity index (χ2n) is 7.29. The molecular weight excluding hydrogens is 397 g/mol. The smallest absolute Gasteiger partial charge is 0.469 e. The molecule has 0 heterocycles. The number of carbonyl (C=O) groups excluding carboxylic acids is 1. The molecule has 0 N–H and O–H groups in total. The maximum atomic E-state index is 12.7. The van der Waals surface area contributed by atoms with Crippen molar-refractivity contribution in [2.45, 2.75) is 63.3 Å². The van der Waals surface area contributed by atoms with Gasteiger partial charge in [0.1, 0.15) is 5.75 Å². The third kappa shape index (κ3) is 4.45. The fourth-order valence-electron chi connectivity index (χ4n) is 3.91. The molecule has 0 radical (unpaired) electrons. The van der Waals surface area contributed by atoms with Gasteiger partial charge in [0, 0.05) is 5.41 Å². The zero-order valence-electron chi connectivity index (χ0n) is 16.1. The van der Waals surface area contributed by atoms with Gasteiger partial charge in [-0.25, -0.2) is 0 Å². The van der Waals surface area contributed by atoms with E-state index in [0.717, 1.165) is 24.8 Å². The number of halogens is 3. The van der Waals surface area contributed by atoms with E-state index in [1.165, 1.54) is 19.2 Å². The second-order valence-corrected chi connectivity index (χ2v) is 8.83. The lowest BCUT2D eigenvalue weighted by atomic mass is 9.62. The van der Waals surface area contributed by atoms with Crippen molar-refractivity contribution in [3.05, 3.63) is 29.3 Å². The molecule has 0 spiro atoms. The minimum Gasteiger partial charge on any atom is -0.469 e. The lowest BCUT2D eigenvalue weighted by Crippen LogP contribution is -2.42. The van der Waals surface area contributed by atoms with Crippen molar-refractivity contribution in [3.8, 4) is 5.75 Å². The number of hydrogen-bond donors (Lipinski definition) is 0. The predicted octanol–water partition coefficient (Wildman–Crippen LogP) is 4.49. The summed E-state index contributed by atoms with van der Waals surface area (Å²) < 4.78 is 69.9. The van der Waals surface area contributed by atoms with Gasteiger partial charge < -0.3 is 8.92 Å². The summed E-state index contributed by atoms with van der Waals surface area (Å²) in [6, 6.07) is 4.11. The average molecular weight is 422 g/mol. The highest BCUT2D eigenvalue weighted by atomic mass is 32.2. The molecule has 1 aliphatic carbocycles. The van der Waals surface area contributed by atoms with Crippen LogP contribution in [0.25, 0.3) is 0 Å². The molecule has 2 atom stereocenters. The molecule has 9 heteroatoms. The topological polar surface area (TPSA) is 69.7 Å². The van der Waals surface area contributed by atoms with Crippen LogP contribution < -0.4 is 4.18 Å². The van der Waals surface area contributed by atoms with Gasteiger partial charge in [-0.2, -0.15) is 21.6 Å². The lowest BCUT2D eigenvalue weighted by Gasteiger charge is -2.42. The number of alkyl halides is 3. The molecule has 0 aromatic heterocycles. The van der Waals surface area contributed by atoms with Crippen molar-refractivity contribution in [2.24, 2.45) is 5.92 Å². The molecule has 0 amide bonds. The number of fused-ring (bicyclic) bond motifs is 1. The van der Waals surface area contributed by atoms with E-state index in [1.807, 2.05) is 13.8 Å². The predicted molar refractivity (Wildman–Crippen MR) is 97.4 cm³/mol. The summed E-state index contributed by atoms with van der Waals surface area (Å²) in [6.07, 6.45) is 4.47. The first-order valence-electron chi connectivity index (χ1n) is 9.18. The SMILES string of the molecule is CCCCC[C@]1(C)c2cc(OS(=O)(=O)C(F)(F)F)ccc2CC[C@H]1C(=O)OC. The fraction of sp³-hybridized carbons (Fsp3) is 0.632. The van der Waals surface area contributed by atoms with Crippen LogP contribution >= 0.6 is 0 Å². The number of ether oxygens (including phenoxy) is 1. The van der Waals surface area contributed by atoms with Crippen LogP contribution in [-0.4, -0.2) is 27.0 Å². The molecule has 0 fully saturated rings. The number of benzene rings is 1. The largest absolute Gasteiger partial charge is 0.534 e. The molecule has 5 nitrogen and oxygen atoms in total. The maximum absolute atomic E-state index is 12.7. The van der Waals surface area contributed by atoms with Crippen molar-refractivity contribution in [2.75, 3.05) is 7.11 Å². The summed E-state index contributed by atoms with van der Waals surface area (Å²) in [6.45, 7) is 3.92. The Morgan fingerprint density at radius 1 is 1.29 bits per heavy atom. The summed E-state index contributed by atoms with van der Waals surface area (Å²) in [5.74, 6) is -1.25. The summed E-state index contributed by atoms with van der Waals surface area (Å²) in [4.78, 5) is 12.4. The molecule has 158 valence electrons. The average Bonchev–Trinajstić information content (AvgIpc) is 2.61. The van der Waals surface area contributed by atoms with Crippen molar-refractivity contribution in [1.82, 2.24) is 0 Å². The Morgan fingerprint density at radius 3 is 2.54 bits per heavy atom. The number of carbonyl (C=O) groups is 1. The molecule has 2 rings (SSSR count). The molecule has 28 heavy (non-hydrogen) atoms. The molecule has 1 aromatic carbocycles. The minimum atomic E-state index is -5.76. The van der Waals surface area contributed by atoms with Gasteiger partial charge in [0.2, 0.25) is 0 Å². The van der Waals surface area contributed by atoms with E-state index in [9.17, 15) is 26.4 Å². The number of unbranched alkanes of at least 4 members (excludes halogenated alkanes) is 2. The van der Waals surface area contributed by atoms with Crippen molar-refractivity contribution < 1.29 is 35.3 Å². The van der Waals surface area contributed by atoms with Crippen LogP contribution in [-0.2, 0) is 31.5 Å². The third-order valence-electron chi connectivity index (χ3n) is 5.44. The van der Waals surface area contributed by atoms with Crippen molar-refractivity contribution >= 4 is 16.1 Å². The van der Waals surface area contributed by atoms with E-state index in [-0.39, 0.29) is 5.97 Å². The Hall–Kier alpha value is -1.77. The van der Waals surface area contributed by atoms with Crippen LogP contribution in [0.15, 0.2) is 18.2 Å². The standard InChI is InChI=1S/C19H25F3O5S/c1-4-5-6-11-18(2)15(17(23)26-3)10-8-13-7-9-14(12-16(13)18)27-28(24,25)19(20,21)22/h7,9,12,15H,4-6,8,10-11H2,1-3H3/t15-,18-/m0/s1. The van der Waals surface area contributed by atoms with E-state index in [2.05, 4.69) is 4.18 Å². The number of aryl methyl sites for hydroxylation is 1. The molecule has 0 bridgehead atoms. The van der Waals surface area contributed by atoms with Gasteiger partial charge in [-0.1, -0.05) is 39.2 Å². The molecule has 1 aliphatic rings. The van der Waals surface area contributed by atoms with Gasteiger partial charge in [-0.05, 0) is 42.5 Å². The first-order valence-corrected chi connectivity index (χ1v) is 10.6. The summed E-state index contributed by atoms with van der Waals surface area (Å²) in [7, 11) is -4.46. The van der Waals surface area contributed by atoms with Crippen LogP contribution in [0, 0.1) is 5.92 Å². The molecule has 0 unspecified atom stereocenters. The van der Waals surface area contributed by atoms with Crippen LogP contribution in [0.3, 0.4) is 0 Å². The maximum Gasteiger partial charge on any atom is 0.534 e. The number of rotatable bonds is 7. The van der Waals surface area contributed by atoms with Crippen molar-refractivity contribution in [1.29, 1.82) is 0 Å². The van der Waals surface area contributed by atoms with Gasteiger partial charge in [0.05, 0.1) is 13.0 Å². The normalized spacial score (nSPS) is 22.4. The summed E-state index contributed by atoms with van der Waals surface area (Å²) in [5.41, 5.74) is -4.69. The van der Waals surface area contributed by atoms with Crippen LogP contribution in [0.1, 0.15) is 57.1 Å². The van der Waals surface area contributed by atoms with Crippen LogP contribution in [0.5, 0.6) is 5.75 Å². The number of methoxy groups -OCH3 is 1. The van der Waals surface area contributed by atoms with E-state index in [4.69, 9.17) is 4.74 Å². The fourth-order valence-corrected chi connectivity index (χ4v) is 4.36. The quantitative estimate of drug-likeness (QED) is 0.280. The number of esters is 1. The van der Waals surface area contributed by atoms with Gasteiger partial charge in [0.25, 0.3) is 0 Å². The van der Waals surface area contributed by atoms with E-state index < -0.39 is 32.7 Å². The lowest BCUT2D eigenvalue weighted by molar-refractivity contribution is -0.148. The molecule has 0 aliphatic heterocycles. The van der Waals surface area contributed by atoms with E-state index in [0.29, 0.717) is 24.8 Å². The molecular formula is C19H25F3O5S. The first kappa shape index (κ1) is 22.5. The zero-order chi connectivity index (χ0) is 21.2. The Kier molecular flexibility index (Phi) is 6.68. The minimum absolute atomic E-state index is 0.376. The molecule has 0 saturated carbocycles. The van der Waals surface area contributed by atoms with Crippen molar-refractivity contribution in [3.63, 3.8) is 0 Å². The van der Waals surface area contributed by atoms with Crippen LogP contribution in [0.4, 0.5) is 13.2 Å². The zero-order valence-corrected chi connectivity index (χ0v) is 17.0. The Labute approximate surface area is 163 Å². The summed E-state index contributed by atoms with van der Waals surface area (Å²) >= 11 is 0. The van der Waals surface area contributed by atoms with Gasteiger partial charge in [-0.3, -0.25) is 4.79 Å². The first-order chi connectivity index (χ1) is 13.0. The Balaban J connectivity index is 2.47. The van der Waals surface area contributed by atoms with Crippen LogP contribution in [0.2, 0.25) is 0 Å². The van der Waals surface area contributed by atoms with Gasteiger partial charge in [0.15, 0.2) is 0 Å². The monoisotopic (exact) mass is 422 g/mol. The van der Waals surface area contributed by atoms with E-state index in [1.54, 1.807) is 6.07 Å². The second kappa shape index (κ2) is 8.31. The highest BCUT2D eigenvalue weighted by Gasteiger charge is 2.49. The highest BCUT2D eigenvalue weighted by Crippen LogP contribution is 2.47. The Bertz CT molecular complexity index is 819. The summed E-state index contributed by atoms with van der Waals surface area (Å²) in [5, 5.41) is 0. The van der Waals surface area contributed by atoms with E-state index >= 15 is 0 Å².